The number of ether oxygens (including phenoxy) is 4. The Hall–Kier alpha value is -3.74. The highest BCUT2D eigenvalue weighted by Crippen LogP contribution is 2.36. The first-order chi connectivity index (χ1) is 14.2. The van der Waals surface area contributed by atoms with Crippen LogP contribution in [-0.4, -0.2) is 31.8 Å². The van der Waals surface area contributed by atoms with Gasteiger partial charge in [-0.1, -0.05) is 30.3 Å². The SMILES string of the molecule is CCOC(=O)c1c(-c2ccccc2)oc2ccc(OC(=O)C3=COCCO3)cc12. The summed E-state index contributed by atoms with van der Waals surface area (Å²) < 4.78 is 26.8. The molecule has 0 N–H and O–H groups in total. The van der Waals surface area contributed by atoms with Gasteiger partial charge in [-0.15, -0.1) is 0 Å². The number of rotatable bonds is 5. The highest BCUT2D eigenvalue weighted by atomic mass is 16.6. The van der Waals surface area contributed by atoms with Crippen LogP contribution in [0.5, 0.6) is 5.75 Å². The Labute approximate surface area is 166 Å². The molecule has 29 heavy (non-hydrogen) atoms. The smallest absolute Gasteiger partial charge is 0.382 e. The van der Waals surface area contributed by atoms with Crippen molar-refractivity contribution in [3.8, 4) is 17.1 Å². The number of esters is 2. The van der Waals surface area contributed by atoms with E-state index in [9.17, 15) is 9.59 Å². The summed E-state index contributed by atoms with van der Waals surface area (Å²) in [5.74, 6) is -0.578. The molecule has 0 atom stereocenters. The molecule has 0 unspecified atom stereocenters. The maximum absolute atomic E-state index is 12.7. The molecule has 3 aromatic rings. The maximum Gasteiger partial charge on any atom is 0.382 e. The van der Waals surface area contributed by atoms with E-state index in [1.807, 2.05) is 30.3 Å². The number of hydrogen-bond acceptors (Lipinski definition) is 7. The zero-order valence-corrected chi connectivity index (χ0v) is 15.7. The Morgan fingerprint density at radius 3 is 2.59 bits per heavy atom. The molecule has 4 rings (SSSR count). The van der Waals surface area contributed by atoms with Crippen molar-refractivity contribution in [1.82, 2.24) is 0 Å². The summed E-state index contributed by atoms with van der Waals surface area (Å²) in [7, 11) is 0. The van der Waals surface area contributed by atoms with Crippen LogP contribution in [0.25, 0.3) is 22.3 Å². The number of furan rings is 1. The van der Waals surface area contributed by atoms with Crippen molar-refractivity contribution in [2.45, 2.75) is 6.92 Å². The topological polar surface area (TPSA) is 84.2 Å². The van der Waals surface area contributed by atoms with Crippen LogP contribution in [0, 0.1) is 0 Å². The molecule has 0 amide bonds. The number of hydrogen-bond donors (Lipinski definition) is 0. The summed E-state index contributed by atoms with van der Waals surface area (Å²) in [6, 6.07) is 14.0. The van der Waals surface area contributed by atoms with Gasteiger partial charge in [0, 0.05) is 10.9 Å². The minimum Gasteiger partial charge on any atom is -0.493 e. The number of carbonyl (C=O) groups is 2. The van der Waals surface area contributed by atoms with Gasteiger partial charge < -0.3 is 23.4 Å². The summed E-state index contributed by atoms with van der Waals surface area (Å²) in [5.41, 5.74) is 1.49. The van der Waals surface area contributed by atoms with E-state index < -0.39 is 11.9 Å². The molecule has 0 saturated heterocycles. The van der Waals surface area contributed by atoms with Gasteiger partial charge in [0.25, 0.3) is 0 Å². The lowest BCUT2D eigenvalue weighted by Crippen LogP contribution is -2.19. The molecular formula is C22H18O7. The van der Waals surface area contributed by atoms with Gasteiger partial charge in [-0.2, -0.15) is 0 Å². The second-order valence-corrected chi connectivity index (χ2v) is 6.14. The van der Waals surface area contributed by atoms with Crippen molar-refractivity contribution in [2.24, 2.45) is 0 Å². The molecule has 7 heteroatoms. The molecule has 148 valence electrons. The molecule has 0 bridgehead atoms. The Kier molecular flexibility index (Phi) is 5.20. The average molecular weight is 394 g/mol. The summed E-state index contributed by atoms with van der Waals surface area (Å²) in [5, 5.41) is 0.488. The van der Waals surface area contributed by atoms with Gasteiger partial charge in [0.15, 0.2) is 0 Å². The molecule has 2 heterocycles. The van der Waals surface area contributed by atoms with E-state index in [0.29, 0.717) is 23.3 Å². The van der Waals surface area contributed by atoms with E-state index in [4.69, 9.17) is 23.4 Å². The maximum atomic E-state index is 12.7. The van der Waals surface area contributed by atoms with E-state index in [0.717, 1.165) is 5.56 Å². The lowest BCUT2D eigenvalue weighted by atomic mass is 10.1. The minimum absolute atomic E-state index is 0.0147. The number of benzene rings is 2. The summed E-state index contributed by atoms with van der Waals surface area (Å²) in [6.07, 6.45) is 1.22. The van der Waals surface area contributed by atoms with Crippen LogP contribution in [-0.2, 0) is 19.0 Å². The first-order valence-electron chi connectivity index (χ1n) is 9.13. The molecule has 0 radical (unpaired) electrons. The van der Waals surface area contributed by atoms with Crippen LogP contribution in [0.2, 0.25) is 0 Å². The molecular weight excluding hydrogens is 376 g/mol. The number of fused-ring (bicyclic) bond motifs is 1. The minimum atomic E-state index is -0.687. The zero-order valence-electron chi connectivity index (χ0n) is 15.7. The third kappa shape index (κ3) is 3.80. The third-order valence-corrected chi connectivity index (χ3v) is 4.24. The zero-order chi connectivity index (χ0) is 20.2. The first kappa shape index (κ1) is 18.6. The average Bonchev–Trinajstić information content (AvgIpc) is 3.14. The molecule has 2 aromatic carbocycles. The van der Waals surface area contributed by atoms with E-state index in [2.05, 4.69) is 0 Å². The predicted molar refractivity (Wildman–Crippen MR) is 103 cm³/mol. The Morgan fingerprint density at radius 2 is 1.86 bits per heavy atom. The standard InChI is InChI=1S/C22H18O7/c1-2-26-22(24)19-16-12-15(28-21(23)18-13-25-10-11-27-18)8-9-17(16)29-20(19)14-6-4-3-5-7-14/h3-9,12-13H,2,10-11H2,1H3. The normalized spacial score (nSPS) is 13.2. The van der Waals surface area contributed by atoms with Crippen molar-refractivity contribution in [2.75, 3.05) is 19.8 Å². The fraction of sp³-hybridized carbons (Fsp3) is 0.182. The Balaban J connectivity index is 1.75. The van der Waals surface area contributed by atoms with Crippen LogP contribution in [0.4, 0.5) is 0 Å². The van der Waals surface area contributed by atoms with E-state index in [-0.39, 0.29) is 30.3 Å². The van der Waals surface area contributed by atoms with Gasteiger partial charge in [-0.05, 0) is 25.1 Å². The van der Waals surface area contributed by atoms with Crippen LogP contribution >= 0.6 is 0 Å². The van der Waals surface area contributed by atoms with E-state index >= 15 is 0 Å². The summed E-state index contributed by atoms with van der Waals surface area (Å²) >= 11 is 0. The van der Waals surface area contributed by atoms with Gasteiger partial charge in [0.2, 0.25) is 5.76 Å². The van der Waals surface area contributed by atoms with Crippen molar-refractivity contribution < 1.29 is 33.0 Å². The summed E-state index contributed by atoms with van der Waals surface area (Å²) in [4.78, 5) is 24.9. The van der Waals surface area contributed by atoms with Crippen molar-refractivity contribution in [1.29, 1.82) is 0 Å². The fourth-order valence-corrected chi connectivity index (χ4v) is 2.97. The van der Waals surface area contributed by atoms with Crippen molar-refractivity contribution in [3.05, 3.63) is 66.1 Å². The molecule has 7 nitrogen and oxygen atoms in total. The van der Waals surface area contributed by atoms with Crippen molar-refractivity contribution in [3.63, 3.8) is 0 Å². The van der Waals surface area contributed by atoms with Gasteiger partial charge in [-0.25, -0.2) is 9.59 Å². The molecule has 1 aromatic heterocycles. The molecule has 0 saturated carbocycles. The van der Waals surface area contributed by atoms with Crippen molar-refractivity contribution >= 4 is 22.9 Å². The first-order valence-corrected chi connectivity index (χ1v) is 9.13. The van der Waals surface area contributed by atoms with Gasteiger partial charge in [0.05, 0.1) is 6.61 Å². The molecule has 0 fully saturated rings. The quantitative estimate of drug-likeness (QED) is 0.476. The highest BCUT2D eigenvalue weighted by Gasteiger charge is 2.24. The van der Waals surface area contributed by atoms with Crippen LogP contribution in [0.15, 0.2) is 65.0 Å². The van der Waals surface area contributed by atoms with Gasteiger partial charge in [0.1, 0.15) is 42.1 Å². The van der Waals surface area contributed by atoms with Crippen LogP contribution in [0.1, 0.15) is 17.3 Å². The second kappa shape index (κ2) is 8.10. The van der Waals surface area contributed by atoms with Crippen LogP contribution < -0.4 is 4.74 Å². The third-order valence-electron chi connectivity index (χ3n) is 4.24. The van der Waals surface area contributed by atoms with Gasteiger partial charge in [-0.3, -0.25) is 0 Å². The van der Waals surface area contributed by atoms with E-state index in [1.54, 1.807) is 25.1 Å². The molecule has 0 spiro atoms. The second-order valence-electron chi connectivity index (χ2n) is 6.14. The number of carbonyl (C=O) groups excluding carboxylic acids is 2. The molecule has 1 aliphatic rings. The molecule has 0 aliphatic carbocycles. The predicted octanol–water partition coefficient (Wildman–Crippen LogP) is 4.07. The Bertz CT molecular complexity index is 1080. The lowest BCUT2D eigenvalue weighted by Gasteiger charge is -2.14. The lowest BCUT2D eigenvalue weighted by molar-refractivity contribution is -0.135. The highest BCUT2D eigenvalue weighted by molar-refractivity contribution is 6.09. The monoisotopic (exact) mass is 394 g/mol. The largest absolute Gasteiger partial charge is 0.493 e. The van der Waals surface area contributed by atoms with Gasteiger partial charge >= 0.3 is 11.9 Å². The van der Waals surface area contributed by atoms with Crippen LogP contribution in [0.3, 0.4) is 0 Å². The fourth-order valence-electron chi connectivity index (χ4n) is 2.97. The Morgan fingerprint density at radius 1 is 1.03 bits per heavy atom. The van der Waals surface area contributed by atoms with E-state index in [1.165, 1.54) is 6.26 Å². The summed E-state index contributed by atoms with van der Waals surface area (Å²) in [6.45, 7) is 2.60. The molecule has 1 aliphatic heterocycles.